The highest BCUT2D eigenvalue weighted by Crippen LogP contribution is 2.15. The lowest BCUT2D eigenvalue weighted by Gasteiger charge is -2.09. The van der Waals surface area contributed by atoms with E-state index >= 15 is 0 Å². The number of hydrogen-bond donors (Lipinski definition) is 3. The molecule has 1 rings (SSSR count). The molecule has 0 amide bonds. The number of aliphatic hydroxyl groups is 2. The van der Waals surface area contributed by atoms with Crippen LogP contribution in [0.2, 0.25) is 0 Å². The Morgan fingerprint density at radius 2 is 2.16 bits per heavy atom. The lowest BCUT2D eigenvalue weighted by molar-refractivity contribution is 0.0922. The number of ether oxygens (including phenoxy) is 1. The Morgan fingerprint density at radius 3 is 2.84 bits per heavy atom. The van der Waals surface area contributed by atoms with Crippen molar-refractivity contribution in [3.8, 4) is 0 Å². The third-order valence-corrected chi connectivity index (χ3v) is 3.08. The van der Waals surface area contributed by atoms with Crippen LogP contribution in [0.5, 0.6) is 0 Å². The van der Waals surface area contributed by atoms with Gasteiger partial charge < -0.3 is 20.3 Å². The highest BCUT2D eigenvalue weighted by atomic mass is 79.9. The molecule has 0 spiro atoms. The van der Waals surface area contributed by atoms with E-state index in [0.717, 1.165) is 6.42 Å². The van der Waals surface area contributed by atoms with Crippen LogP contribution in [0.1, 0.15) is 6.42 Å². The Kier molecular flexibility index (Phi) is 7.65. The maximum Gasteiger partial charge on any atom is 0.283 e. The lowest BCUT2D eigenvalue weighted by atomic mass is 10.4. The maximum absolute atomic E-state index is 11.8. The van der Waals surface area contributed by atoms with Crippen molar-refractivity contribution in [1.82, 2.24) is 9.78 Å². The highest BCUT2D eigenvalue weighted by Gasteiger charge is 2.07. The first-order valence-corrected chi connectivity index (χ1v) is 6.79. The molecule has 0 fully saturated rings. The third-order valence-electron chi connectivity index (χ3n) is 2.31. The van der Waals surface area contributed by atoms with Crippen LogP contribution in [0, 0.1) is 0 Å². The summed E-state index contributed by atoms with van der Waals surface area (Å²) in [6.45, 7) is 1.57. The first-order valence-electron chi connectivity index (χ1n) is 5.99. The maximum atomic E-state index is 11.8. The summed E-state index contributed by atoms with van der Waals surface area (Å²) in [4.78, 5) is 11.8. The monoisotopic (exact) mass is 335 g/mol. The number of rotatable bonds is 9. The predicted molar refractivity (Wildman–Crippen MR) is 74.3 cm³/mol. The number of aromatic nitrogens is 2. The number of aliphatic hydroxyl groups excluding tert-OH is 2. The summed E-state index contributed by atoms with van der Waals surface area (Å²) in [6.07, 6.45) is 2.29. The number of halogens is 1. The van der Waals surface area contributed by atoms with Crippen LogP contribution in [-0.2, 0) is 11.3 Å². The zero-order chi connectivity index (χ0) is 14.1. The fourth-order valence-corrected chi connectivity index (χ4v) is 1.85. The average Bonchev–Trinajstić information content (AvgIpc) is 2.41. The van der Waals surface area contributed by atoms with E-state index in [-0.39, 0.29) is 25.3 Å². The predicted octanol–water partition coefficient (Wildman–Crippen LogP) is -0.191. The van der Waals surface area contributed by atoms with Gasteiger partial charge in [0.15, 0.2) is 0 Å². The van der Waals surface area contributed by atoms with Gasteiger partial charge in [0, 0.05) is 13.2 Å². The van der Waals surface area contributed by atoms with Crippen LogP contribution in [0.4, 0.5) is 5.69 Å². The molecule has 1 aromatic rings. The molecule has 19 heavy (non-hydrogen) atoms. The van der Waals surface area contributed by atoms with Gasteiger partial charge in [0.1, 0.15) is 4.47 Å². The van der Waals surface area contributed by atoms with Crippen molar-refractivity contribution in [3.63, 3.8) is 0 Å². The third kappa shape index (κ3) is 5.27. The molecule has 1 aromatic heterocycles. The minimum Gasteiger partial charge on any atom is -0.394 e. The molecule has 0 saturated heterocycles. The molecule has 0 aliphatic carbocycles. The zero-order valence-electron chi connectivity index (χ0n) is 10.5. The topological polar surface area (TPSA) is 96.6 Å². The molecule has 0 aromatic carbocycles. The van der Waals surface area contributed by atoms with Crippen LogP contribution >= 0.6 is 15.9 Å². The molecule has 0 bridgehead atoms. The van der Waals surface area contributed by atoms with Gasteiger partial charge in [-0.3, -0.25) is 4.79 Å². The smallest absolute Gasteiger partial charge is 0.283 e. The van der Waals surface area contributed by atoms with Gasteiger partial charge in [-0.25, -0.2) is 4.68 Å². The fraction of sp³-hybridized carbons (Fsp3) is 0.636. The summed E-state index contributed by atoms with van der Waals surface area (Å²) < 4.78 is 6.70. The van der Waals surface area contributed by atoms with Crippen LogP contribution < -0.4 is 10.9 Å². The van der Waals surface area contributed by atoms with E-state index in [1.807, 2.05) is 0 Å². The van der Waals surface area contributed by atoms with Crippen molar-refractivity contribution in [3.05, 3.63) is 21.0 Å². The van der Waals surface area contributed by atoms with Crippen LogP contribution in [0.3, 0.4) is 0 Å². The summed E-state index contributed by atoms with van der Waals surface area (Å²) in [5.74, 6) is 0. The largest absolute Gasteiger partial charge is 0.394 e. The van der Waals surface area contributed by atoms with E-state index in [1.165, 1.54) is 10.9 Å². The standard InChI is InChI=1S/C11H18BrN3O4/c12-10-9(13-2-1-6-19-7-5-17)8-14-15(3-4-16)11(10)18/h8,13,16-17H,1-7H2. The molecule has 3 N–H and O–H groups in total. The molecule has 0 unspecified atom stereocenters. The van der Waals surface area contributed by atoms with Crippen LogP contribution in [-0.4, -0.2) is 53.0 Å². The van der Waals surface area contributed by atoms with Crippen molar-refractivity contribution in [2.45, 2.75) is 13.0 Å². The first kappa shape index (κ1) is 16.1. The average molecular weight is 336 g/mol. The van der Waals surface area contributed by atoms with Crippen molar-refractivity contribution < 1.29 is 14.9 Å². The minimum absolute atomic E-state index is 0.0198. The van der Waals surface area contributed by atoms with Gasteiger partial charge in [0.2, 0.25) is 0 Å². The van der Waals surface area contributed by atoms with E-state index in [0.29, 0.717) is 29.9 Å². The van der Waals surface area contributed by atoms with Crippen molar-refractivity contribution >= 4 is 21.6 Å². The molecule has 0 aliphatic rings. The number of hydrogen-bond acceptors (Lipinski definition) is 6. The molecule has 108 valence electrons. The Labute approximate surface area is 119 Å². The summed E-state index contributed by atoms with van der Waals surface area (Å²) >= 11 is 3.21. The Hall–Kier alpha value is -0.960. The summed E-state index contributed by atoms with van der Waals surface area (Å²) in [7, 11) is 0. The molecule has 0 radical (unpaired) electrons. The first-order chi connectivity index (χ1) is 9.20. The molecule has 1 heterocycles. The van der Waals surface area contributed by atoms with E-state index in [9.17, 15) is 4.79 Å². The van der Waals surface area contributed by atoms with Crippen molar-refractivity contribution in [2.24, 2.45) is 0 Å². The summed E-state index contributed by atoms with van der Waals surface area (Å²) in [5, 5.41) is 24.3. The van der Waals surface area contributed by atoms with Gasteiger partial charge >= 0.3 is 0 Å². The number of nitrogens with zero attached hydrogens (tertiary/aromatic N) is 2. The Balaban J connectivity index is 2.46. The second kappa shape index (κ2) is 9.03. The SMILES string of the molecule is O=c1c(Br)c(NCCCOCCO)cnn1CCO. The van der Waals surface area contributed by atoms with E-state index < -0.39 is 0 Å². The zero-order valence-corrected chi connectivity index (χ0v) is 12.1. The number of nitrogens with one attached hydrogen (secondary N) is 1. The van der Waals surface area contributed by atoms with Gasteiger partial charge in [-0.1, -0.05) is 0 Å². The van der Waals surface area contributed by atoms with Crippen molar-refractivity contribution in [1.29, 1.82) is 0 Å². The van der Waals surface area contributed by atoms with E-state index in [4.69, 9.17) is 14.9 Å². The Bertz CT molecular complexity index is 438. The Morgan fingerprint density at radius 1 is 1.37 bits per heavy atom. The summed E-state index contributed by atoms with van der Waals surface area (Å²) in [5.41, 5.74) is 0.330. The lowest BCUT2D eigenvalue weighted by Crippen LogP contribution is -2.26. The molecule has 7 nitrogen and oxygen atoms in total. The summed E-state index contributed by atoms with van der Waals surface area (Å²) in [6, 6.07) is 0. The normalized spacial score (nSPS) is 10.7. The van der Waals surface area contributed by atoms with Gasteiger partial charge in [-0.15, -0.1) is 0 Å². The van der Waals surface area contributed by atoms with Crippen LogP contribution in [0.15, 0.2) is 15.5 Å². The molecule has 0 aliphatic heterocycles. The molecule has 0 saturated carbocycles. The van der Waals surface area contributed by atoms with Crippen molar-refractivity contribution in [2.75, 3.05) is 38.3 Å². The van der Waals surface area contributed by atoms with Gasteiger partial charge in [-0.2, -0.15) is 5.10 Å². The molecule has 8 heteroatoms. The second-order valence-electron chi connectivity index (χ2n) is 3.74. The number of anilines is 1. The molecular weight excluding hydrogens is 318 g/mol. The molecular formula is C11H18BrN3O4. The van der Waals surface area contributed by atoms with E-state index in [2.05, 4.69) is 26.3 Å². The highest BCUT2D eigenvalue weighted by molar-refractivity contribution is 9.10. The van der Waals surface area contributed by atoms with E-state index in [1.54, 1.807) is 0 Å². The minimum atomic E-state index is -0.282. The van der Waals surface area contributed by atoms with Crippen LogP contribution in [0.25, 0.3) is 0 Å². The quantitative estimate of drug-likeness (QED) is 0.541. The fourth-order valence-electron chi connectivity index (χ4n) is 1.41. The van der Waals surface area contributed by atoms with Gasteiger partial charge in [-0.05, 0) is 22.4 Å². The molecule has 0 atom stereocenters. The van der Waals surface area contributed by atoms with Gasteiger partial charge in [0.05, 0.1) is 38.2 Å². The van der Waals surface area contributed by atoms with Gasteiger partial charge in [0.25, 0.3) is 5.56 Å². The second-order valence-corrected chi connectivity index (χ2v) is 4.53.